The Labute approximate surface area is 218 Å². The quantitative estimate of drug-likeness (QED) is 0.221. The molecule has 37 heavy (non-hydrogen) atoms. The summed E-state index contributed by atoms with van der Waals surface area (Å²) in [5, 5.41) is 8.99. The summed E-state index contributed by atoms with van der Waals surface area (Å²) in [7, 11) is 0. The molecular formula is C35H21NS. The van der Waals surface area contributed by atoms with Crippen molar-refractivity contribution in [2.75, 3.05) is 0 Å². The van der Waals surface area contributed by atoms with Crippen LogP contribution in [-0.2, 0) is 0 Å². The second kappa shape index (κ2) is 7.99. The Bertz CT molecular complexity index is 2130. The SMILES string of the molecule is c1ccc2c(c1)ccc1cc(-c3ccc(-c4nc5ccccc5c5c4sc4ccccc45)cc3)ccc12. The molecule has 0 aliphatic rings. The molecule has 0 amide bonds. The molecule has 2 heterocycles. The van der Waals surface area contributed by atoms with Crippen LogP contribution in [0, 0.1) is 0 Å². The molecule has 0 atom stereocenters. The minimum atomic E-state index is 1.04. The molecule has 0 aliphatic carbocycles. The van der Waals surface area contributed by atoms with Gasteiger partial charge in [0.15, 0.2) is 0 Å². The molecule has 8 rings (SSSR count). The third-order valence-corrected chi connectivity index (χ3v) is 8.63. The number of para-hydroxylation sites is 1. The lowest BCUT2D eigenvalue weighted by Crippen LogP contribution is -1.88. The van der Waals surface area contributed by atoms with Gasteiger partial charge < -0.3 is 0 Å². The van der Waals surface area contributed by atoms with Crippen LogP contribution in [0.5, 0.6) is 0 Å². The lowest BCUT2D eigenvalue weighted by Gasteiger charge is -2.10. The highest BCUT2D eigenvalue weighted by atomic mass is 32.1. The van der Waals surface area contributed by atoms with E-state index in [9.17, 15) is 0 Å². The summed E-state index contributed by atoms with van der Waals surface area (Å²) >= 11 is 1.84. The number of rotatable bonds is 2. The number of fused-ring (bicyclic) bond motifs is 8. The van der Waals surface area contributed by atoms with E-state index < -0.39 is 0 Å². The van der Waals surface area contributed by atoms with Crippen molar-refractivity contribution in [2.45, 2.75) is 0 Å². The summed E-state index contributed by atoms with van der Waals surface area (Å²) < 4.78 is 2.56. The van der Waals surface area contributed by atoms with E-state index in [1.54, 1.807) is 0 Å². The molecule has 0 radical (unpaired) electrons. The topological polar surface area (TPSA) is 12.9 Å². The molecule has 2 heteroatoms. The molecule has 0 bridgehead atoms. The van der Waals surface area contributed by atoms with Crippen LogP contribution in [0.15, 0.2) is 127 Å². The van der Waals surface area contributed by atoms with Crippen LogP contribution in [0.25, 0.3) is 75.0 Å². The van der Waals surface area contributed by atoms with E-state index in [1.807, 2.05) is 11.3 Å². The largest absolute Gasteiger partial charge is 0.246 e. The fourth-order valence-electron chi connectivity index (χ4n) is 5.64. The number of thiophene rings is 1. The summed E-state index contributed by atoms with van der Waals surface area (Å²) in [5.74, 6) is 0. The highest BCUT2D eigenvalue weighted by Gasteiger charge is 2.15. The van der Waals surface area contributed by atoms with E-state index in [2.05, 4.69) is 127 Å². The Morgan fingerprint density at radius 3 is 2.00 bits per heavy atom. The molecular weight excluding hydrogens is 466 g/mol. The first-order valence-corrected chi connectivity index (χ1v) is 13.4. The summed E-state index contributed by atoms with van der Waals surface area (Å²) in [6.07, 6.45) is 0. The maximum absolute atomic E-state index is 5.15. The van der Waals surface area contributed by atoms with E-state index in [1.165, 1.54) is 58.2 Å². The average molecular weight is 488 g/mol. The van der Waals surface area contributed by atoms with E-state index >= 15 is 0 Å². The predicted octanol–water partition coefficient (Wildman–Crippen LogP) is 10.2. The first-order chi connectivity index (χ1) is 18.3. The highest BCUT2D eigenvalue weighted by molar-refractivity contribution is 7.26. The number of hydrogen-bond acceptors (Lipinski definition) is 2. The fourth-order valence-corrected chi connectivity index (χ4v) is 6.87. The van der Waals surface area contributed by atoms with Crippen molar-refractivity contribution in [3.8, 4) is 22.4 Å². The maximum Gasteiger partial charge on any atom is 0.0888 e. The molecule has 0 unspecified atom stereocenters. The fraction of sp³-hybridized carbons (Fsp3) is 0. The van der Waals surface area contributed by atoms with Crippen LogP contribution in [-0.4, -0.2) is 4.98 Å². The second-order valence-electron chi connectivity index (χ2n) is 9.58. The normalized spacial score (nSPS) is 11.8. The molecule has 0 aliphatic heterocycles. The second-order valence-corrected chi connectivity index (χ2v) is 10.6. The van der Waals surface area contributed by atoms with Gasteiger partial charge in [-0.15, -0.1) is 11.3 Å². The van der Waals surface area contributed by atoms with Crippen LogP contribution in [0.2, 0.25) is 0 Å². The molecule has 0 fully saturated rings. The first kappa shape index (κ1) is 20.6. The number of hydrogen-bond donors (Lipinski definition) is 0. The average Bonchev–Trinajstić information content (AvgIpc) is 3.36. The molecule has 0 spiro atoms. The van der Waals surface area contributed by atoms with Crippen LogP contribution in [0.1, 0.15) is 0 Å². The van der Waals surface area contributed by atoms with Crippen LogP contribution >= 0.6 is 11.3 Å². The van der Waals surface area contributed by atoms with E-state index in [-0.39, 0.29) is 0 Å². The van der Waals surface area contributed by atoms with E-state index in [0.717, 1.165) is 16.8 Å². The Kier molecular flexibility index (Phi) is 4.46. The van der Waals surface area contributed by atoms with Gasteiger partial charge in [-0.3, -0.25) is 0 Å². The molecule has 1 nitrogen and oxygen atoms in total. The van der Waals surface area contributed by atoms with Gasteiger partial charge in [0.05, 0.1) is 15.9 Å². The lowest BCUT2D eigenvalue weighted by molar-refractivity contribution is 1.44. The number of nitrogens with zero attached hydrogens (tertiary/aromatic N) is 1. The minimum absolute atomic E-state index is 1.04. The smallest absolute Gasteiger partial charge is 0.0888 e. The van der Waals surface area contributed by atoms with Gasteiger partial charge >= 0.3 is 0 Å². The number of benzene rings is 6. The Balaban J connectivity index is 1.28. The van der Waals surface area contributed by atoms with Gasteiger partial charge in [0.2, 0.25) is 0 Å². The molecule has 2 aromatic heterocycles. The number of aromatic nitrogens is 1. The monoisotopic (exact) mass is 487 g/mol. The van der Waals surface area contributed by atoms with Gasteiger partial charge in [0, 0.05) is 26.4 Å². The zero-order chi connectivity index (χ0) is 24.3. The zero-order valence-corrected chi connectivity index (χ0v) is 20.8. The van der Waals surface area contributed by atoms with Gasteiger partial charge in [0.25, 0.3) is 0 Å². The van der Waals surface area contributed by atoms with Crippen LogP contribution in [0.4, 0.5) is 0 Å². The standard InChI is InChI=1S/C35H21NS/c1-2-8-27-23(7-1)15-18-26-21-25(19-20-28(26)27)22-13-16-24(17-14-22)34-35-33(29-9-3-5-11-31(29)36-34)30-10-4-6-12-32(30)37-35/h1-21H. The Morgan fingerprint density at radius 1 is 0.459 bits per heavy atom. The minimum Gasteiger partial charge on any atom is -0.246 e. The Morgan fingerprint density at radius 2 is 1.11 bits per heavy atom. The summed E-state index contributed by atoms with van der Waals surface area (Å²) in [6.45, 7) is 0. The molecule has 8 aromatic rings. The predicted molar refractivity (Wildman–Crippen MR) is 161 cm³/mol. The summed E-state index contributed by atoms with van der Waals surface area (Å²) in [6, 6.07) is 45.9. The van der Waals surface area contributed by atoms with E-state index in [0.29, 0.717) is 0 Å². The Hall–Kier alpha value is -4.53. The molecule has 0 N–H and O–H groups in total. The van der Waals surface area contributed by atoms with Gasteiger partial charge in [-0.1, -0.05) is 109 Å². The molecule has 172 valence electrons. The van der Waals surface area contributed by atoms with Crippen molar-refractivity contribution in [3.63, 3.8) is 0 Å². The molecule has 0 saturated heterocycles. The summed E-state index contributed by atoms with van der Waals surface area (Å²) in [5.41, 5.74) is 5.70. The van der Waals surface area contributed by atoms with Crippen molar-refractivity contribution in [1.29, 1.82) is 0 Å². The lowest BCUT2D eigenvalue weighted by atomic mass is 9.96. The third kappa shape index (κ3) is 3.20. The van der Waals surface area contributed by atoms with Gasteiger partial charge in [-0.05, 0) is 50.9 Å². The van der Waals surface area contributed by atoms with Crippen molar-refractivity contribution < 1.29 is 0 Å². The van der Waals surface area contributed by atoms with Gasteiger partial charge in [-0.2, -0.15) is 0 Å². The first-order valence-electron chi connectivity index (χ1n) is 12.6. The van der Waals surface area contributed by atoms with Crippen molar-refractivity contribution in [3.05, 3.63) is 127 Å². The number of pyridine rings is 1. The molecule has 0 saturated carbocycles. The maximum atomic E-state index is 5.15. The van der Waals surface area contributed by atoms with Crippen molar-refractivity contribution in [1.82, 2.24) is 4.98 Å². The van der Waals surface area contributed by atoms with E-state index in [4.69, 9.17) is 4.98 Å². The van der Waals surface area contributed by atoms with Crippen LogP contribution < -0.4 is 0 Å². The van der Waals surface area contributed by atoms with Crippen molar-refractivity contribution in [2.24, 2.45) is 0 Å². The zero-order valence-electron chi connectivity index (χ0n) is 20.0. The third-order valence-electron chi connectivity index (χ3n) is 7.45. The van der Waals surface area contributed by atoms with Crippen molar-refractivity contribution >= 4 is 64.0 Å². The highest BCUT2D eigenvalue weighted by Crippen LogP contribution is 2.42. The summed E-state index contributed by atoms with van der Waals surface area (Å²) in [4.78, 5) is 5.15. The van der Waals surface area contributed by atoms with Crippen LogP contribution in [0.3, 0.4) is 0 Å². The van der Waals surface area contributed by atoms with Gasteiger partial charge in [0.1, 0.15) is 0 Å². The van der Waals surface area contributed by atoms with Gasteiger partial charge in [-0.25, -0.2) is 4.98 Å². The molecule has 6 aromatic carbocycles.